The first kappa shape index (κ1) is 33.4. The van der Waals surface area contributed by atoms with Crippen LogP contribution in [0.3, 0.4) is 0 Å². The van der Waals surface area contributed by atoms with E-state index in [4.69, 9.17) is 9.97 Å². The number of nitrogens with one attached hydrogen (secondary N) is 1. The summed E-state index contributed by atoms with van der Waals surface area (Å²) >= 11 is 0. The highest BCUT2D eigenvalue weighted by atomic mass is 19.1. The third-order valence-corrected chi connectivity index (χ3v) is 12.7. The van der Waals surface area contributed by atoms with Crippen LogP contribution in [0.5, 0.6) is 0 Å². The lowest BCUT2D eigenvalue weighted by molar-refractivity contribution is -0.142. The molecule has 5 aliphatic rings. The molecular weight excluding hydrogens is 659 g/mol. The molecule has 1 spiro atoms. The Balaban J connectivity index is 1.09. The fourth-order valence-corrected chi connectivity index (χ4v) is 9.26. The molecule has 1 aromatic carbocycles. The molecule has 4 fully saturated rings. The Morgan fingerprint density at radius 2 is 1.79 bits per heavy atom. The first-order valence-corrected chi connectivity index (χ1v) is 19.1. The van der Waals surface area contributed by atoms with E-state index < -0.39 is 16.6 Å². The predicted octanol–water partition coefficient (Wildman–Crippen LogP) is 5.95. The number of aromatic nitrogens is 4. The summed E-state index contributed by atoms with van der Waals surface area (Å²) in [4.78, 5) is 48.5. The van der Waals surface area contributed by atoms with Gasteiger partial charge in [-0.2, -0.15) is 0 Å². The molecule has 2 saturated carbocycles. The Hall–Kier alpha value is -4.42. The van der Waals surface area contributed by atoms with Crippen LogP contribution in [0.4, 0.5) is 21.6 Å². The van der Waals surface area contributed by atoms with E-state index in [9.17, 15) is 19.1 Å². The standard InChI is InChI=1S/C40H47FN8O3/c1-25(2)48-24-43-33-21-32(45-36(35(33)48)44-31-8-13-42-22-30(31)41)26-6-7-29-34(18-26)49(28-19-27(20-28)46-14-4-3-5-15-46)38(52)40(29)11-16-47(17-12-40)37(51)39(23-50)9-10-39/h6-8,13,18,21-22,24-25,27-28,50H,3-5,9-12,14-17,19-20,23H2,1-2H3,(H,42,44,45)/t27-,28+. The van der Waals surface area contributed by atoms with E-state index in [-0.39, 0.29) is 36.2 Å². The van der Waals surface area contributed by atoms with Crippen molar-refractivity contribution in [3.63, 3.8) is 0 Å². The summed E-state index contributed by atoms with van der Waals surface area (Å²) in [6.45, 7) is 7.30. The van der Waals surface area contributed by atoms with Gasteiger partial charge in [0.25, 0.3) is 0 Å². The van der Waals surface area contributed by atoms with Crippen molar-refractivity contribution in [1.82, 2.24) is 29.3 Å². The lowest BCUT2D eigenvalue weighted by Gasteiger charge is -2.48. The van der Waals surface area contributed by atoms with Crippen LogP contribution in [0.2, 0.25) is 0 Å². The summed E-state index contributed by atoms with van der Waals surface area (Å²) in [5.41, 5.74) is 3.96. The van der Waals surface area contributed by atoms with Crippen molar-refractivity contribution >= 4 is 40.0 Å². The second-order valence-corrected chi connectivity index (χ2v) is 16.0. The minimum absolute atomic E-state index is 0.0310. The van der Waals surface area contributed by atoms with Gasteiger partial charge < -0.3 is 29.7 Å². The second kappa shape index (κ2) is 12.6. The maximum atomic E-state index is 14.9. The molecule has 3 aromatic heterocycles. The van der Waals surface area contributed by atoms with Crippen LogP contribution in [0.15, 0.2) is 49.1 Å². The van der Waals surface area contributed by atoms with Crippen LogP contribution in [0.1, 0.15) is 83.2 Å². The SMILES string of the molecule is CC(C)n1cnc2cc(-c3ccc4c(c3)N([C@H]3C[C@@H](N5CCCCC5)C3)C(=O)C43CCN(C(=O)C4(CO)CC4)CC3)nc(Nc3ccncc3F)c21. The van der Waals surface area contributed by atoms with E-state index in [1.54, 1.807) is 18.6 Å². The van der Waals surface area contributed by atoms with E-state index >= 15 is 0 Å². The lowest BCUT2D eigenvalue weighted by Crippen LogP contribution is -2.58. The van der Waals surface area contributed by atoms with Gasteiger partial charge in [0.05, 0.1) is 46.9 Å². The Morgan fingerprint density at radius 3 is 2.48 bits per heavy atom. The van der Waals surface area contributed by atoms with E-state index in [0.29, 0.717) is 43.5 Å². The van der Waals surface area contributed by atoms with Crippen LogP contribution in [0, 0.1) is 11.2 Å². The zero-order valence-corrected chi connectivity index (χ0v) is 30.0. The number of likely N-dealkylation sites (tertiary alicyclic amines) is 2. The largest absolute Gasteiger partial charge is 0.395 e. The number of piperidine rings is 2. The molecular formula is C40H47FN8O3. The normalized spacial score (nSPS) is 23.7. The molecule has 2 saturated heterocycles. The lowest BCUT2D eigenvalue weighted by atomic mass is 9.73. The predicted molar refractivity (Wildman–Crippen MR) is 197 cm³/mol. The summed E-state index contributed by atoms with van der Waals surface area (Å²) in [7, 11) is 0. The van der Waals surface area contributed by atoms with Crippen LogP contribution in [-0.4, -0.2) is 91.1 Å². The number of halogens is 1. The summed E-state index contributed by atoms with van der Waals surface area (Å²) in [6.07, 6.45) is 12.8. The first-order chi connectivity index (χ1) is 25.2. The van der Waals surface area contributed by atoms with E-state index in [2.05, 4.69) is 46.1 Å². The van der Waals surface area contributed by atoms with Crippen LogP contribution < -0.4 is 10.2 Å². The molecule has 0 unspecified atom stereocenters. The summed E-state index contributed by atoms with van der Waals surface area (Å²) < 4.78 is 16.9. The van der Waals surface area contributed by atoms with Crippen molar-refractivity contribution in [1.29, 1.82) is 0 Å². The number of hydrogen-bond acceptors (Lipinski definition) is 8. The van der Waals surface area contributed by atoms with Gasteiger partial charge in [-0.05, 0) is 102 Å². The van der Waals surface area contributed by atoms with Crippen LogP contribution in [0.25, 0.3) is 22.3 Å². The summed E-state index contributed by atoms with van der Waals surface area (Å²) in [6, 6.07) is 10.5. The number of hydrogen-bond donors (Lipinski definition) is 2. The van der Waals surface area contributed by atoms with Gasteiger partial charge in [-0.15, -0.1) is 0 Å². The third-order valence-electron chi connectivity index (χ3n) is 12.7. The van der Waals surface area contributed by atoms with Gasteiger partial charge in [0.1, 0.15) is 5.52 Å². The second-order valence-electron chi connectivity index (χ2n) is 16.0. The van der Waals surface area contributed by atoms with Gasteiger partial charge in [-0.1, -0.05) is 18.6 Å². The molecule has 3 aliphatic heterocycles. The molecule has 52 heavy (non-hydrogen) atoms. The van der Waals surface area contributed by atoms with Crippen molar-refractivity contribution in [2.24, 2.45) is 5.41 Å². The molecule has 0 atom stereocenters. The molecule has 0 bridgehead atoms. The van der Waals surface area contributed by atoms with Crippen LogP contribution in [-0.2, 0) is 15.0 Å². The zero-order chi connectivity index (χ0) is 35.8. The molecule has 0 radical (unpaired) electrons. The summed E-state index contributed by atoms with van der Waals surface area (Å²) in [5, 5.41) is 13.2. The quantitative estimate of drug-likeness (QED) is 0.231. The van der Waals surface area contributed by atoms with Gasteiger partial charge in [0.15, 0.2) is 11.6 Å². The van der Waals surface area contributed by atoms with Crippen molar-refractivity contribution in [3.8, 4) is 11.3 Å². The molecule has 4 aromatic rings. The minimum atomic E-state index is -0.699. The number of amides is 2. The van der Waals surface area contributed by atoms with Crippen molar-refractivity contribution in [2.75, 3.05) is 43.0 Å². The number of anilines is 3. The molecule has 9 rings (SSSR count). The van der Waals surface area contributed by atoms with Gasteiger partial charge in [0.2, 0.25) is 11.8 Å². The molecule has 11 nitrogen and oxygen atoms in total. The zero-order valence-electron chi connectivity index (χ0n) is 30.0. The Bertz CT molecular complexity index is 2040. The number of carbonyl (C=O) groups is 2. The Morgan fingerprint density at radius 1 is 1.02 bits per heavy atom. The molecule has 2 aliphatic carbocycles. The highest BCUT2D eigenvalue weighted by molar-refractivity contribution is 6.09. The number of fused-ring (bicyclic) bond motifs is 3. The van der Waals surface area contributed by atoms with Crippen molar-refractivity contribution in [3.05, 3.63) is 60.4 Å². The number of nitrogens with zero attached hydrogens (tertiary/aromatic N) is 7. The average molecular weight is 707 g/mol. The van der Waals surface area contributed by atoms with Crippen molar-refractivity contribution < 1.29 is 19.1 Å². The highest BCUT2D eigenvalue weighted by Gasteiger charge is 2.58. The number of carbonyl (C=O) groups excluding carboxylic acids is 2. The molecule has 2 N–H and O–H groups in total. The fraction of sp³-hybridized carbons (Fsp3) is 0.525. The average Bonchev–Trinajstić information content (AvgIpc) is 3.77. The van der Waals surface area contributed by atoms with Crippen LogP contribution >= 0.6 is 0 Å². The number of aliphatic hydroxyl groups excluding tert-OH is 1. The summed E-state index contributed by atoms with van der Waals surface area (Å²) in [5.74, 6) is 0.191. The third kappa shape index (κ3) is 5.31. The van der Waals surface area contributed by atoms with Gasteiger partial charge in [-0.25, -0.2) is 14.4 Å². The van der Waals surface area contributed by atoms with Crippen molar-refractivity contribution in [2.45, 2.75) is 95.2 Å². The van der Waals surface area contributed by atoms with E-state index in [1.165, 1.54) is 25.5 Å². The topological polar surface area (TPSA) is 120 Å². The van der Waals surface area contributed by atoms with E-state index in [0.717, 1.165) is 66.6 Å². The molecule has 2 amide bonds. The van der Waals surface area contributed by atoms with Gasteiger partial charge >= 0.3 is 0 Å². The number of imidazole rings is 1. The smallest absolute Gasteiger partial charge is 0.238 e. The molecule has 272 valence electrons. The number of pyridine rings is 2. The number of aliphatic hydroxyl groups is 1. The fourth-order valence-electron chi connectivity index (χ4n) is 9.26. The maximum Gasteiger partial charge on any atom is 0.238 e. The first-order valence-electron chi connectivity index (χ1n) is 19.1. The minimum Gasteiger partial charge on any atom is -0.395 e. The number of rotatable bonds is 8. The number of benzene rings is 1. The van der Waals surface area contributed by atoms with E-state index in [1.807, 2.05) is 21.6 Å². The van der Waals surface area contributed by atoms with Gasteiger partial charge in [-0.3, -0.25) is 14.6 Å². The Kier molecular flexibility index (Phi) is 8.11. The monoisotopic (exact) mass is 706 g/mol. The molecule has 12 heteroatoms. The maximum absolute atomic E-state index is 14.9. The highest BCUT2D eigenvalue weighted by Crippen LogP contribution is 2.53. The Labute approximate surface area is 303 Å². The van der Waals surface area contributed by atoms with Gasteiger partial charge in [0, 0.05) is 48.7 Å². The molecule has 6 heterocycles.